The number of nitro benzene ring substituents is 1. The third-order valence-corrected chi connectivity index (χ3v) is 4.83. The molecule has 0 aromatic heterocycles. The van der Waals surface area contributed by atoms with E-state index in [4.69, 9.17) is 27.9 Å². The van der Waals surface area contributed by atoms with E-state index in [9.17, 15) is 29.3 Å². The van der Waals surface area contributed by atoms with E-state index in [0.29, 0.717) is 5.02 Å². The molecule has 10 nitrogen and oxygen atoms in total. The molecule has 1 N–H and O–H groups in total. The standard InChI is InChI=1S/C19H13Cl2N3O7/c20-10-4-5-13(12(21)8-10)22-15(25)9-31-16(26)6-7-23-18(27)11-2-1-3-14(24(29)30)17(11)19(23)28/h1-5,8H,6-7,9H2,(H,22,25). The molecule has 0 fully saturated rings. The van der Waals surface area contributed by atoms with Crippen molar-refractivity contribution < 1.29 is 28.8 Å². The van der Waals surface area contributed by atoms with Crippen molar-refractivity contribution >= 4 is 58.3 Å². The highest BCUT2D eigenvalue weighted by Crippen LogP contribution is 2.30. The molecule has 0 saturated heterocycles. The monoisotopic (exact) mass is 465 g/mol. The maximum atomic E-state index is 12.4. The third-order valence-electron chi connectivity index (χ3n) is 4.28. The minimum Gasteiger partial charge on any atom is -0.456 e. The normalized spacial score (nSPS) is 12.5. The lowest BCUT2D eigenvalue weighted by Gasteiger charge is -2.13. The first-order valence-electron chi connectivity index (χ1n) is 8.73. The Morgan fingerprint density at radius 3 is 2.55 bits per heavy atom. The van der Waals surface area contributed by atoms with Gasteiger partial charge in [-0.05, 0) is 24.3 Å². The van der Waals surface area contributed by atoms with Gasteiger partial charge in [-0.3, -0.25) is 34.2 Å². The minimum absolute atomic E-state index is 0.105. The molecule has 0 radical (unpaired) electrons. The highest BCUT2D eigenvalue weighted by atomic mass is 35.5. The smallest absolute Gasteiger partial charge is 0.308 e. The molecular formula is C19H13Cl2N3O7. The fraction of sp³-hybridized carbons (Fsp3) is 0.158. The lowest BCUT2D eigenvalue weighted by molar-refractivity contribution is -0.385. The highest BCUT2D eigenvalue weighted by Gasteiger charge is 2.40. The van der Waals surface area contributed by atoms with E-state index < -0.39 is 47.3 Å². The zero-order valence-corrected chi connectivity index (χ0v) is 17.1. The summed E-state index contributed by atoms with van der Waals surface area (Å²) in [6, 6.07) is 8.14. The maximum absolute atomic E-state index is 12.4. The van der Waals surface area contributed by atoms with E-state index in [1.165, 1.54) is 30.3 Å². The fourth-order valence-corrected chi connectivity index (χ4v) is 3.33. The van der Waals surface area contributed by atoms with E-state index in [-0.39, 0.29) is 28.4 Å². The van der Waals surface area contributed by atoms with Crippen LogP contribution >= 0.6 is 23.2 Å². The molecule has 1 aliphatic heterocycles. The molecule has 0 aliphatic carbocycles. The Bertz CT molecular complexity index is 1120. The molecule has 0 atom stereocenters. The van der Waals surface area contributed by atoms with Gasteiger partial charge in [-0.15, -0.1) is 0 Å². The highest BCUT2D eigenvalue weighted by molar-refractivity contribution is 6.36. The molecule has 1 aliphatic rings. The number of halogens is 2. The molecule has 0 saturated carbocycles. The molecule has 0 spiro atoms. The summed E-state index contributed by atoms with van der Waals surface area (Å²) in [5.74, 6) is -3.11. The van der Waals surface area contributed by atoms with Crippen molar-refractivity contribution in [2.45, 2.75) is 6.42 Å². The van der Waals surface area contributed by atoms with E-state index in [2.05, 4.69) is 5.32 Å². The van der Waals surface area contributed by atoms with Gasteiger partial charge in [0.05, 0.1) is 27.6 Å². The molecule has 2 aromatic carbocycles. The van der Waals surface area contributed by atoms with E-state index in [1.807, 2.05) is 0 Å². The Kier molecular flexibility index (Phi) is 6.52. The van der Waals surface area contributed by atoms with Gasteiger partial charge in [0.15, 0.2) is 6.61 Å². The number of carbonyl (C=O) groups excluding carboxylic acids is 4. The summed E-state index contributed by atoms with van der Waals surface area (Å²) < 4.78 is 4.83. The first-order valence-corrected chi connectivity index (χ1v) is 9.48. The average Bonchev–Trinajstić information content (AvgIpc) is 2.97. The Labute approximate surface area is 184 Å². The lowest BCUT2D eigenvalue weighted by Crippen LogP contribution is -2.32. The molecule has 2 aromatic rings. The van der Waals surface area contributed by atoms with Crippen molar-refractivity contribution in [3.05, 3.63) is 67.7 Å². The number of nitrogens with zero attached hydrogens (tertiary/aromatic N) is 2. The van der Waals surface area contributed by atoms with Crippen LogP contribution < -0.4 is 5.32 Å². The first kappa shape index (κ1) is 22.2. The van der Waals surface area contributed by atoms with Crippen molar-refractivity contribution in [3.63, 3.8) is 0 Å². The molecular weight excluding hydrogens is 453 g/mol. The number of benzene rings is 2. The number of nitro groups is 1. The van der Waals surface area contributed by atoms with Crippen LogP contribution in [0.25, 0.3) is 0 Å². The Morgan fingerprint density at radius 2 is 1.87 bits per heavy atom. The number of carbonyl (C=O) groups is 4. The fourth-order valence-electron chi connectivity index (χ4n) is 2.87. The number of hydrogen-bond donors (Lipinski definition) is 1. The summed E-state index contributed by atoms with van der Waals surface area (Å²) in [4.78, 5) is 59.7. The van der Waals surface area contributed by atoms with Gasteiger partial charge >= 0.3 is 5.97 Å². The van der Waals surface area contributed by atoms with Crippen LogP contribution in [0.1, 0.15) is 27.1 Å². The van der Waals surface area contributed by atoms with Gasteiger partial charge in [-0.2, -0.15) is 0 Å². The molecule has 0 unspecified atom stereocenters. The van der Waals surface area contributed by atoms with Gasteiger partial charge in [-0.1, -0.05) is 29.3 Å². The minimum atomic E-state index is -0.866. The van der Waals surface area contributed by atoms with Crippen LogP contribution in [0.5, 0.6) is 0 Å². The number of rotatable bonds is 7. The predicted octanol–water partition coefficient (Wildman–Crippen LogP) is 3.07. The Hall–Kier alpha value is -3.50. The number of ether oxygens (including phenoxy) is 1. The molecule has 12 heteroatoms. The van der Waals surface area contributed by atoms with Gasteiger partial charge in [0.1, 0.15) is 5.56 Å². The summed E-state index contributed by atoms with van der Waals surface area (Å²) in [6.45, 7) is -0.974. The number of esters is 1. The molecule has 3 amide bonds. The molecule has 160 valence electrons. The quantitative estimate of drug-likeness (QED) is 0.287. The van der Waals surface area contributed by atoms with Crippen molar-refractivity contribution in [2.24, 2.45) is 0 Å². The van der Waals surface area contributed by atoms with Crippen molar-refractivity contribution in [2.75, 3.05) is 18.5 Å². The molecule has 3 rings (SSSR count). The van der Waals surface area contributed by atoms with Crippen LogP contribution in [-0.4, -0.2) is 46.7 Å². The second-order valence-corrected chi connectivity index (χ2v) is 7.15. The summed E-state index contributed by atoms with van der Waals surface area (Å²) in [6.07, 6.45) is -0.395. The number of fused-ring (bicyclic) bond motifs is 1. The number of hydrogen-bond acceptors (Lipinski definition) is 7. The van der Waals surface area contributed by atoms with Crippen LogP contribution in [0, 0.1) is 10.1 Å². The molecule has 0 bridgehead atoms. The van der Waals surface area contributed by atoms with Gasteiger partial charge < -0.3 is 10.1 Å². The maximum Gasteiger partial charge on any atom is 0.308 e. The van der Waals surface area contributed by atoms with E-state index in [1.54, 1.807) is 0 Å². The second-order valence-electron chi connectivity index (χ2n) is 6.30. The Balaban J connectivity index is 1.53. The topological polar surface area (TPSA) is 136 Å². The van der Waals surface area contributed by atoms with Gasteiger partial charge in [0.25, 0.3) is 23.4 Å². The summed E-state index contributed by atoms with van der Waals surface area (Å²) in [5.41, 5.74) is -0.630. The van der Waals surface area contributed by atoms with Crippen molar-refractivity contribution in [3.8, 4) is 0 Å². The van der Waals surface area contributed by atoms with Crippen LogP contribution in [-0.2, 0) is 14.3 Å². The summed E-state index contributed by atoms with van der Waals surface area (Å²) in [7, 11) is 0. The van der Waals surface area contributed by atoms with Gasteiger partial charge in [0, 0.05) is 17.6 Å². The average molecular weight is 466 g/mol. The van der Waals surface area contributed by atoms with Crippen LogP contribution in [0.4, 0.5) is 11.4 Å². The summed E-state index contributed by atoms with van der Waals surface area (Å²) in [5, 5.41) is 14.1. The van der Waals surface area contributed by atoms with Gasteiger partial charge in [-0.25, -0.2) is 0 Å². The molecule has 1 heterocycles. The second kappa shape index (κ2) is 9.11. The molecule has 31 heavy (non-hydrogen) atoms. The lowest BCUT2D eigenvalue weighted by atomic mass is 10.1. The number of nitrogens with one attached hydrogen (secondary N) is 1. The zero-order valence-electron chi connectivity index (χ0n) is 15.6. The number of amides is 3. The predicted molar refractivity (Wildman–Crippen MR) is 109 cm³/mol. The van der Waals surface area contributed by atoms with Crippen LogP contribution in [0.3, 0.4) is 0 Å². The van der Waals surface area contributed by atoms with E-state index in [0.717, 1.165) is 11.0 Å². The SMILES string of the molecule is O=C(COC(=O)CCN1C(=O)c2cccc([N+](=O)[O-])c2C1=O)Nc1ccc(Cl)cc1Cl. The third kappa shape index (κ3) is 4.81. The van der Waals surface area contributed by atoms with Crippen molar-refractivity contribution in [1.82, 2.24) is 4.90 Å². The van der Waals surface area contributed by atoms with Crippen LogP contribution in [0.2, 0.25) is 10.0 Å². The number of anilines is 1. The Morgan fingerprint density at radius 1 is 1.13 bits per heavy atom. The van der Waals surface area contributed by atoms with Crippen molar-refractivity contribution in [1.29, 1.82) is 0 Å². The van der Waals surface area contributed by atoms with E-state index >= 15 is 0 Å². The van der Waals surface area contributed by atoms with Crippen LogP contribution in [0.15, 0.2) is 36.4 Å². The zero-order chi connectivity index (χ0) is 22.7. The van der Waals surface area contributed by atoms with Gasteiger partial charge in [0.2, 0.25) is 0 Å². The largest absolute Gasteiger partial charge is 0.456 e. The first-order chi connectivity index (χ1) is 14.7. The number of imide groups is 1. The summed E-state index contributed by atoms with van der Waals surface area (Å²) >= 11 is 11.7.